The van der Waals surface area contributed by atoms with E-state index in [9.17, 15) is 0 Å². The van der Waals surface area contributed by atoms with Crippen molar-refractivity contribution in [1.82, 2.24) is 0 Å². The second kappa shape index (κ2) is 6.11. The Morgan fingerprint density at radius 3 is 2.67 bits per heavy atom. The van der Waals surface area contributed by atoms with Gasteiger partial charge in [-0.2, -0.15) is 0 Å². The SMILES string of the molecule is BC(CCOC)OCC. The Morgan fingerprint density at radius 2 is 2.22 bits per heavy atom. The van der Waals surface area contributed by atoms with Crippen LogP contribution in [0, 0.1) is 0 Å². The molecule has 0 aliphatic rings. The zero-order valence-corrected chi connectivity index (χ0v) is 6.52. The van der Waals surface area contributed by atoms with E-state index in [2.05, 4.69) is 7.85 Å². The fraction of sp³-hybridized carbons (Fsp3) is 1.00. The van der Waals surface area contributed by atoms with Crippen LogP contribution in [0.15, 0.2) is 0 Å². The maximum Gasteiger partial charge on any atom is 0.139 e. The normalized spacial score (nSPS) is 13.6. The summed E-state index contributed by atoms with van der Waals surface area (Å²) >= 11 is 0. The van der Waals surface area contributed by atoms with E-state index < -0.39 is 0 Å². The van der Waals surface area contributed by atoms with Gasteiger partial charge in [0.05, 0.1) is 0 Å². The van der Waals surface area contributed by atoms with Crippen LogP contribution < -0.4 is 0 Å². The molecule has 0 fully saturated rings. The second-order valence-corrected chi connectivity index (χ2v) is 2.05. The van der Waals surface area contributed by atoms with Crippen molar-refractivity contribution in [1.29, 1.82) is 0 Å². The lowest BCUT2D eigenvalue weighted by molar-refractivity contribution is 0.0855. The van der Waals surface area contributed by atoms with Gasteiger partial charge in [0.25, 0.3) is 0 Å². The summed E-state index contributed by atoms with van der Waals surface area (Å²) in [5, 5.41) is 0. The third-order valence-corrected chi connectivity index (χ3v) is 1.18. The van der Waals surface area contributed by atoms with E-state index in [4.69, 9.17) is 9.47 Å². The molecule has 0 bridgehead atoms. The molecule has 0 aliphatic carbocycles. The first kappa shape index (κ1) is 8.98. The zero-order valence-electron chi connectivity index (χ0n) is 6.52. The second-order valence-electron chi connectivity index (χ2n) is 2.05. The minimum atomic E-state index is 0.343. The average molecular weight is 130 g/mol. The van der Waals surface area contributed by atoms with Gasteiger partial charge in [0.2, 0.25) is 0 Å². The van der Waals surface area contributed by atoms with Crippen molar-refractivity contribution in [3.05, 3.63) is 0 Å². The van der Waals surface area contributed by atoms with Crippen molar-refractivity contribution >= 4 is 7.85 Å². The number of ether oxygens (including phenoxy) is 2. The first-order valence-electron chi connectivity index (χ1n) is 3.41. The lowest BCUT2D eigenvalue weighted by atomic mass is 9.97. The van der Waals surface area contributed by atoms with E-state index in [1.807, 2.05) is 6.92 Å². The molecule has 0 aromatic heterocycles. The molecule has 3 heteroatoms. The summed E-state index contributed by atoms with van der Waals surface area (Å²) in [5.41, 5.74) is 0. The van der Waals surface area contributed by atoms with Crippen LogP contribution in [0.4, 0.5) is 0 Å². The molecule has 0 saturated carbocycles. The minimum absolute atomic E-state index is 0.343. The molecule has 0 N–H and O–H groups in total. The summed E-state index contributed by atoms with van der Waals surface area (Å²) in [5.74, 6) is 0. The summed E-state index contributed by atoms with van der Waals surface area (Å²) in [4.78, 5) is 0. The molecule has 0 spiro atoms. The highest BCUT2D eigenvalue weighted by Crippen LogP contribution is 1.91. The molecule has 0 radical (unpaired) electrons. The molecule has 2 nitrogen and oxygen atoms in total. The Bertz CT molecular complexity index is 59.0. The van der Waals surface area contributed by atoms with Crippen molar-refractivity contribution < 1.29 is 9.47 Å². The fourth-order valence-corrected chi connectivity index (χ4v) is 0.652. The third-order valence-electron chi connectivity index (χ3n) is 1.18. The monoisotopic (exact) mass is 130 g/mol. The maximum absolute atomic E-state index is 5.26. The van der Waals surface area contributed by atoms with Gasteiger partial charge in [0.15, 0.2) is 0 Å². The quantitative estimate of drug-likeness (QED) is 0.488. The Kier molecular flexibility index (Phi) is 6.10. The first-order valence-corrected chi connectivity index (χ1v) is 3.41. The lowest BCUT2D eigenvalue weighted by Gasteiger charge is -2.09. The Hall–Kier alpha value is -0.0151. The molecule has 54 valence electrons. The van der Waals surface area contributed by atoms with Crippen molar-refractivity contribution in [2.24, 2.45) is 0 Å². The van der Waals surface area contributed by atoms with Crippen LogP contribution in [0.3, 0.4) is 0 Å². The molecule has 1 atom stereocenters. The molecule has 0 aliphatic heterocycles. The highest BCUT2D eigenvalue weighted by atomic mass is 16.5. The highest BCUT2D eigenvalue weighted by molar-refractivity contribution is 6.10. The van der Waals surface area contributed by atoms with E-state index in [-0.39, 0.29) is 0 Å². The zero-order chi connectivity index (χ0) is 7.11. The Morgan fingerprint density at radius 1 is 1.56 bits per heavy atom. The van der Waals surface area contributed by atoms with Crippen LogP contribution in [-0.2, 0) is 9.47 Å². The maximum atomic E-state index is 5.26. The Balaban J connectivity index is 2.95. The van der Waals surface area contributed by atoms with Gasteiger partial charge in [-0.05, 0) is 13.3 Å². The summed E-state index contributed by atoms with van der Waals surface area (Å²) in [6.45, 7) is 3.59. The predicted octanol–water partition coefficient (Wildman–Crippen LogP) is 0.0186. The van der Waals surface area contributed by atoms with Gasteiger partial charge in [-0.25, -0.2) is 0 Å². The molecular weight excluding hydrogens is 115 g/mol. The molecule has 1 unspecified atom stereocenters. The van der Waals surface area contributed by atoms with E-state index in [1.165, 1.54) is 0 Å². The molecule has 9 heavy (non-hydrogen) atoms. The summed E-state index contributed by atoms with van der Waals surface area (Å²) < 4.78 is 10.1. The number of hydrogen-bond acceptors (Lipinski definition) is 2. The highest BCUT2D eigenvalue weighted by Gasteiger charge is 1.97. The number of rotatable bonds is 5. The van der Waals surface area contributed by atoms with Crippen molar-refractivity contribution in [3.63, 3.8) is 0 Å². The van der Waals surface area contributed by atoms with Gasteiger partial charge in [0, 0.05) is 26.3 Å². The third kappa shape index (κ3) is 5.86. The van der Waals surface area contributed by atoms with Crippen molar-refractivity contribution in [3.8, 4) is 0 Å². The van der Waals surface area contributed by atoms with Gasteiger partial charge in [-0.1, -0.05) is 0 Å². The van der Waals surface area contributed by atoms with E-state index in [0.717, 1.165) is 19.6 Å². The predicted molar refractivity (Wildman–Crippen MR) is 40.5 cm³/mol. The molecule has 0 heterocycles. The van der Waals surface area contributed by atoms with Gasteiger partial charge in [-0.3, -0.25) is 0 Å². The molecular formula is C6H15BO2. The van der Waals surface area contributed by atoms with Crippen LogP contribution in [0.1, 0.15) is 13.3 Å². The average Bonchev–Trinajstić information content (AvgIpc) is 1.85. The topological polar surface area (TPSA) is 18.5 Å². The molecule has 0 saturated heterocycles. The van der Waals surface area contributed by atoms with Crippen LogP contribution in [-0.4, -0.2) is 34.2 Å². The van der Waals surface area contributed by atoms with Crippen molar-refractivity contribution in [2.75, 3.05) is 20.3 Å². The molecule has 0 aromatic rings. The van der Waals surface area contributed by atoms with Crippen LogP contribution in [0.25, 0.3) is 0 Å². The molecule has 0 rings (SSSR count). The number of methoxy groups -OCH3 is 1. The standard InChI is InChI=1S/C6H15BO2/c1-3-9-6(7)4-5-8-2/h6H,3-5,7H2,1-2H3. The Labute approximate surface area is 57.9 Å². The van der Waals surface area contributed by atoms with Gasteiger partial charge < -0.3 is 9.47 Å². The van der Waals surface area contributed by atoms with Crippen LogP contribution in [0.5, 0.6) is 0 Å². The smallest absolute Gasteiger partial charge is 0.139 e. The lowest BCUT2D eigenvalue weighted by Crippen LogP contribution is -2.14. The summed E-state index contributed by atoms with van der Waals surface area (Å²) in [6, 6.07) is 0.343. The summed E-state index contributed by atoms with van der Waals surface area (Å²) in [7, 11) is 3.77. The van der Waals surface area contributed by atoms with Gasteiger partial charge in [-0.15, -0.1) is 0 Å². The van der Waals surface area contributed by atoms with E-state index >= 15 is 0 Å². The fourth-order valence-electron chi connectivity index (χ4n) is 0.652. The van der Waals surface area contributed by atoms with Crippen molar-refractivity contribution in [2.45, 2.75) is 19.3 Å². The van der Waals surface area contributed by atoms with E-state index in [1.54, 1.807) is 7.11 Å². The largest absolute Gasteiger partial charge is 0.387 e. The minimum Gasteiger partial charge on any atom is -0.387 e. The van der Waals surface area contributed by atoms with E-state index in [0.29, 0.717) is 6.00 Å². The van der Waals surface area contributed by atoms with Crippen LogP contribution >= 0.6 is 0 Å². The van der Waals surface area contributed by atoms with Gasteiger partial charge in [0.1, 0.15) is 7.85 Å². The number of hydrogen-bond donors (Lipinski definition) is 0. The van der Waals surface area contributed by atoms with Crippen LogP contribution in [0.2, 0.25) is 0 Å². The molecule has 0 amide bonds. The first-order chi connectivity index (χ1) is 4.31. The molecule has 0 aromatic carbocycles. The summed E-state index contributed by atoms with van der Waals surface area (Å²) in [6.07, 6.45) is 0.990. The van der Waals surface area contributed by atoms with Gasteiger partial charge >= 0.3 is 0 Å².